The van der Waals surface area contributed by atoms with Crippen molar-refractivity contribution in [2.45, 2.75) is 24.0 Å². The molecule has 7 nitrogen and oxygen atoms in total. The fourth-order valence-electron chi connectivity index (χ4n) is 3.96. The first-order chi connectivity index (χ1) is 15.2. The lowest BCUT2D eigenvalue weighted by molar-refractivity contribution is 0.633. The Bertz CT molecular complexity index is 1210. The van der Waals surface area contributed by atoms with E-state index in [1.54, 1.807) is 30.5 Å². The van der Waals surface area contributed by atoms with Crippen molar-refractivity contribution in [2.75, 3.05) is 24.7 Å². The van der Waals surface area contributed by atoms with Crippen molar-refractivity contribution in [2.24, 2.45) is 0 Å². The first kappa shape index (κ1) is 20.2. The minimum Gasteiger partial charge on any atom is -0.382 e. The topological polar surface area (TPSA) is 80.0 Å². The first-order valence-corrected chi connectivity index (χ1v) is 11.8. The van der Waals surface area contributed by atoms with Crippen LogP contribution in [-0.4, -0.2) is 50.0 Å². The Labute approximate surface area is 189 Å². The number of halogens is 1. The molecule has 2 N–H and O–H groups in total. The van der Waals surface area contributed by atoms with Gasteiger partial charge in [-0.3, -0.25) is 9.38 Å². The molecule has 0 aliphatic carbocycles. The number of rotatable bonds is 6. The lowest BCUT2D eigenvalue weighted by Gasteiger charge is -2.16. The van der Waals surface area contributed by atoms with Gasteiger partial charge in [-0.25, -0.2) is 4.98 Å². The van der Waals surface area contributed by atoms with E-state index in [1.807, 2.05) is 34.9 Å². The van der Waals surface area contributed by atoms with Gasteiger partial charge in [-0.05, 0) is 55.5 Å². The van der Waals surface area contributed by atoms with Gasteiger partial charge < -0.3 is 10.6 Å². The summed E-state index contributed by atoms with van der Waals surface area (Å²) >= 11 is 8.24. The van der Waals surface area contributed by atoms with Crippen molar-refractivity contribution in [3.8, 4) is 22.4 Å². The van der Waals surface area contributed by atoms with E-state index in [4.69, 9.17) is 16.6 Å². The van der Waals surface area contributed by atoms with Crippen LogP contribution in [0.5, 0.6) is 0 Å². The molecule has 158 valence electrons. The van der Waals surface area contributed by atoms with Gasteiger partial charge in [0.1, 0.15) is 6.33 Å². The summed E-state index contributed by atoms with van der Waals surface area (Å²) in [7, 11) is 0. The van der Waals surface area contributed by atoms with Crippen molar-refractivity contribution in [1.29, 1.82) is 0 Å². The molecule has 1 aliphatic rings. The second-order valence-corrected chi connectivity index (χ2v) is 8.63. The summed E-state index contributed by atoms with van der Waals surface area (Å²) in [4.78, 5) is 9.08. The highest BCUT2D eigenvalue weighted by Crippen LogP contribution is 2.37. The zero-order valence-corrected chi connectivity index (χ0v) is 18.6. The summed E-state index contributed by atoms with van der Waals surface area (Å²) in [6.45, 7) is 1.95. The largest absolute Gasteiger partial charge is 0.382 e. The molecule has 1 aromatic carbocycles. The summed E-state index contributed by atoms with van der Waals surface area (Å²) in [5, 5.41) is 17.0. The zero-order valence-electron chi connectivity index (χ0n) is 17.0. The quantitative estimate of drug-likeness (QED) is 0.332. The van der Waals surface area contributed by atoms with Gasteiger partial charge in [0.05, 0.1) is 22.0 Å². The van der Waals surface area contributed by atoms with E-state index in [0.717, 1.165) is 52.0 Å². The summed E-state index contributed by atoms with van der Waals surface area (Å²) in [6, 6.07) is 10.5. The number of thioether (sulfide) groups is 1. The van der Waals surface area contributed by atoms with E-state index in [-0.39, 0.29) is 0 Å². The maximum Gasteiger partial charge on any atom is 0.175 e. The average Bonchev–Trinajstić information content (AvgIpc) is 3.50. The number of fused-ring (bicyclic) bond motifs is 1. The van der Waals surface area contributed by atoms with E-state index in [2.05, 4.69) is 31.9 Å². The predicted molar refractivity (Wildman–Crippen MR) is 126 cm³/mol. The fraction of sp³-hybridized carbons (Fsp3) is 0.273. The summed E-state index contributed by atoms with van der Waals surface area (Å²) in [5.41, 5.74) is 5.32. The lowest BCUT2D eigenvalue weighted by Crippen LogP contribution is -2.29. The Hall–Kier alpha value is -2.68. The maximum absolute atomic E-state index is 6.69. The molecule has 4 aromatic rings. The van der Waals surface area contributed by atoms with Crippen molar-refractivity contribution in [1.82, 2.24) is 29.9 Å². The third-order valence-electron chi connectivity index (χ3n) is 5.52. The third-order valence-corrected chi connectivity index (χ3v) is 6.48. The van der Waals surface area contributed by atoms with Crippen LogP contribution in [0, 0.1) is 0 Å². The molecule has 0 amide bonds. The van der Waals surface area contributed by atoms with Gasteiger partial charge in [0.15, 0.2) is 10.8 Å². The summed E-state index contributed by atoms with van der Waals surface area (Å²) in [6.07, 6.45) is 9.64. The molecular formula is C22H22ClN7S. The molecule has 0 saturated carbocycles. The summed E-state index contributed by atoms with van der Waals surface area (Å²) < 4.78 is 1.91. The second kappa shape index (κ2) is 8.82. The molecule has 9 heteroatoms. The fourth-order valence-corrected chi connectivity index (χ4v) is 4.72. The average molecular weight is 452 g/mol. The smallest absolute Gasteiger partial charge is 0.175 e. The highest BCUT2D eigenvalue weighted by molar-refractivity contribution is 7.98. The number of aromatic nitrogens is 5. The van der Waals surface area contributed by atoms with Crippen LogP contribution < -0.4 is 10.6 Å². The molecule has 5 rings (SSSR count). The molecule has 1 atom stereocenters. The van der Waals surface area contributed by atoms with Crippen molar-refractivity contribution in [3.63, 3.8) is 0 Å². The number of hydrogen-bond donors (Lipinski definition) is 2. The lowest BCUT2D eigenvalue weighted by atomic mass is 10.0. The van der Waals surface area contributed by atoms with Crippen LogP contribution in [0.4, 0.5) is 5.69 Å². The molecule has 4 heterocycles. The molecule has 0 spiro atoms. The van der Waals surface area contributed by atoms with Crippen LogP contribution in [0.1, 0.15) is 12.8 Å². The van der Waals surface area contributed by atoms with Gasteiger partial charge >= 0.3 is 0 Å². The van der Waals surface area contributed by atoms with Crippen molar-refractivity contribution < 1.29 is 0 Å². The molecule has 1 aliphatic heterocycles. The Morgan fingerprint density at radius 2 is 2.10 bits per heavy atom. The van der Waals surface area contributed by atoms with Crippen LogP contribution in [0.25, 0.3) is 28.0 Å². The Balaban J connectivity index is 1.59. The number of benzene rings is 1. The molecule has 1 saturated heterocycles. The number of anilines is 1. The third kappa shape index (κ3) is 3.98. The SMILES string of the molecule is CSc1nc(-c2ccncc2)c(-c2ccc(NC[C@@H]3CCCN3)c(Cl)c2)c2nncn12. The van der Waals surface area contributed by atoms with Crippen LogP contribution in [-0.2, 0) is 0 Å². The van der Waals surface area contributed by atoms with Gasteiger partial charge in [0.2, 0.25) is 0 Å². The predicted octanol–water partition coefficient (Wildman–Crippen LogP) is 4.39. The van der Waals surface area contributed by atoms with E-state index < -0.39 is 0 Å². The Morgan fingerprint density at radius 3 is 2.84 bits per heavy atom. The number of hydrogen-bond acceptors (Lipinski definition) is 7. The zero-order chi connectivity index (χ0) is 21.2. The highest BCUT2D eigenvalue weighted by atomic mass is 35.5. The molecule has 0 radical (unpaired) electrons. The number of nitrogens with zero attached hydrogens (tertiary/aromatic N) is 5. The van der Waals surface area contributed by atoms with Crippen molar-refractivity contribution >= 4 is 34.7 Å². The minimum atomic E-state index is 0.493. The molecule has 1 fully saturated rings. The standard InChI is InChI=1S/C22H22ClN7S/c1-31-22-28-20(14-6-9-24-10-7-14)19(21-29-27-13-30(21)22)15-4-5-18(17(23)11-15)26-12-16-3-2-8-25-16/h4-7,9-11,13,16,25-26H,2-3,8,12H2,1H3/t16-/m0/s1. The monoisotopic (exact) mass is 451 g/mol. The van der Waals surface area contributed by atoms with E-state index in [9.17, 15) is 0 Å². The van der Waals surface area contributed by atoms with Gasteiger partial charge in [-0.2, -0.15) is 0 Å². The van der Waals surface area contributed by atoms with Gasteiger partial charge in [-0.1, -0.05) is 29.4 Å². The van der Waals surface area contributed by atoms with E-state index in [0.29, 0.717) is 11.1 Å². The van der Waals surface area contributed by atoms with Gasteiger partial charge in [0.25, 0.3) is 0 Å². The highest BCUT2D eigenvalue weighted by Gasteiger charge is 2.20. The minimum absolute atomic E-state index is 0.493. The van der Waals surface area contributed by atoms with Crippen LogP contribution in [0.2, 0.25) is 5.02 Å². The Morgan fingerprint density at radius 1 is 1.23 bits per heavy atom. The maximum atomic E-state index is 6.69. The van der Waals surface area contributed by atoms with E-state index >= 15 is 0 Å². The molecule has 0 bridgehead atoms. The van der Waals surface area contributed by atoms with Crippen molar-refractivity contribution in [3.05, 3.63) is 54.1 Å². The van der Waals surface area contributed by atoms with Gasteiger partial charge in [-0.15, -0.1) is 10.2 Å². The Kier molecular flexibility index (Phi) is 5.76. The number of pyridine rings is 1. The van der Waals surface area contributed by atoms with Crippen LogP contribution in [0.3, 0.4) is 0 Å². The van der Waals surface area contributed by atoms with Gasteiger partial charge in [0, 0.05) is 30.5 Å². The molecule has 0 unspecified atom stereocenters. The van der Waals surface area contributed by atoms with Crippen LogP contribution in [0.15, 0.2) is 54.2 Å². The first-order valence-electron chi connectivity index (χ1n) is 10.2. The number of nitrogens with one attached hydrogen (secondary N) is 2. The normalized spacial score (nSPS) is 16.1. The van der Waals surface area contributed by atoms with Crippen LogP contribution >= 0.6 is 23.4 Å². The molecular weight excluding hydrogens is 430 g/mol. The summed E-state index contributed by atoms with van der Waals surface area (Å²) in [5.74, 6) is 0. The second-order valence-electron chi connectivity index (χ2n) is 7.45. The molecule has 31 heavy (non-hydrogen) atoms. The molecule has 3 aromatic heterocycles. The van der Waals surface area contributed by atoms with E-state index in [1.165, 1.54) is 12.8 Å².